The molecule has 360 valence electrons. The van der Waals surface area contributed by atoms with E-state index in [1.54, 1.807) is 0 Å². The number of ether oxygens (including phenoxy) is 8. The summed E-state index contributed by atoms with van der Waals surface area (Å²) in [5.74, 6) is -0.0237. The van der Waals surface area contributed by atoms with Crippen LogP contribution in [-0.4, -0.2) is 176 Å². The lowest BCUT2D eigenvalue weighted by Gasteiger charge is -2.70. The third kappa shape index (κ3) is 7.11. The Balaban J connectivity index is 0.969. The number of rotatable bonds is 9. The highest BCUT2D eigenvalue weighted by atomic mass is 16.8. The molecule has 4 saturated carbocycles. The fraction of sp³-hybridized carbons (Fsp3) is 0.957. The van der Waals surface area contributed by atoms with Crippen LogP contribution in [0.2, 0.25) is 0 Å². The SMILES string of the molecule is CC(C)=CC1C[C@](C)(O)C2C3CCC4[C@@]5(C)CCC(OC6OCC(O)C(OC7OC(CO)C(O)C(O)C7O)C6OC6OC(CO)C(O)C6O)C(C)(C)C5CC[C@@]4(C)[C@]34CO[C@]2(C4)O1. The molecule has 4 aliphatic carbocycles. The van der Waals surface area contributed by atoms with Crippen molar-refractivity contribution >= 4 is 0 Å². The molecule has 9 rings (SSSR count). The second kappa shape index (κ2) is 16.4. The summed E-state index contributed by atoms with van der Waals surface area (Å²) in [6, 6.07) is 0. The van der Waals surface area contributed by atoms with Crippen molar-refractivity contribution in [1.29, 1.82) is 0 Å². The van der Waals surface area contributed by atoms with Crippen molar-refractivity contribution < 1.29 is 83.9 Å². The normalized spacial score (nSPS) is 57.2. The van der Waals surface area contributed by atoms with E-state index in [4.69, 9.17) is 37.9 Å². The Kier molecular flexibility index (Phi) is 12.2. The van der Waals surface area contributed by atoms with Gasteiger partial charge in [0.2, 0.25) is 0 Å². The topological polar surface area (TPSA) is 256 Å². The molecule has 5 aliphatic heterocycles. The maximum absolute atomic E-state index is 12.2. The van der Waals surface area contributed by atoms with Gasteiger partial charge in [0.1, 0.15) is 61.0 Å². The van der Waals surface area contributed by atoms with Crippen LogP contribution in [0.4, 0.5) is 0 Å². The Morgan fingerprint density at radius 1 is 0.714 bits per heavy atom. The fourth-order valence-electron chi connectivity index (χ4n) is 15.6. The maximum Gasteiger partial charge on any atom is 0.187 e. The second-order valence-electron chi connectivity index (χ2n) is 22.5. The summed E-state index contributed by atoms with van der Waals surface area (Å²) < 4.78 is 50.7. The van der Waals surface area contributed by atoms with Crippen LogP contribution in [0.25, 0.3) is 0 Å². The van der Waals surface area contributed by atoms with Crippen LogP contribution in [0.5, 0.6) is 0 Å². The van der Waals surface area contributed by atoms with Crippen LogP contribution in [0.3, 0.4) is 0 Å². The van der Waals surface area contributed by atoms with Crippen LogP contribution in [0, 0.1) is 45.3 Å². The molecule has 9 fully saturated rings. The molecule has 0 radical (unpaired) electrons. The average Bonchev–Trinajstić information content (AvgIpc) is 3.83. The zero-order chi connectivity index (χ0) is 45.4. The lowest BCUT2D eigenvalue weighted by molar-refractivity contribution is -0.375. The third-order valence-corrected chi connectivity index (χ3v) is 18.4. The van der Waals surface area contributed by atoms with Gasteiger partial charge in [-0.05, 0) is 93.3 Å². The van der Waals surface area contributed by atoms with Gasteiger partial charge in [0.15, 0.2) is 24.7 Å². The van der Waals surface area contributed by atoms with Gasteiger partial charge in [0.05, 0.1) is 44.2 Å². The Bertz CT molecular complexity index is 1710. The number of hydrogen-bond acceptors (Lipinski definition) is 17. The van der Waals surface area contributed by atoms with E-state index in [0.717, 1.165) is 44.1 Å². The summed E-state index contributed by atoms with van der Waals surface area (Å²) >= 11 is 0. The molecule has 17 heteroatoms. The zero-order valence-corrected chi connectivity index (χ0v) is 37.8. The Labute approximate surface area is 369 Å². The molecular weight excluding hydrogens is 824 g/mol. The minimum atomic E-state index is -1.79. The lowest BCUT2D eigenvalue weighted by atomic mass is 9.35. The van der Waals surface area contributed by atoms with Crippen molar-refractivity contribution in [2.75, 3.05) is 26.4 Å². The molecule has 5 saturated heterocycles. The van der Waals surface area contributed by atoms with Gasteiger partial charge in [-0.2, -0.15) is 0 Å². The van der Waals surface area contributed by atoms with Gasteiger partial charge in [0.25, 0.3) is 0 Å². The Morgan fingerprint density at radius 3 is 2.00 bits per heavy atom. The lowest BCUT2D eigenvalue weighted by Crippen LogP contribution is -2.67. The highest BCUT2D eigenvalue weighted by molar-refractivity contribution is 5.26. The van der Waals surface area contributed by atoms with E-state index in [1.165, 1.54) is 0 Å². The van der Waals surface area contributed by atoms with Crippen molar-refractivity contribution in [3.63, 3.8) is 0 Å². The number of allylic oxidation sites excluding steroid dienone is 1. The first-order valence-corrected chi connectivity index (χ1v) is 23.5. The number of fused-ring (bicyclic) bond motifs is 4. The maximum atomic E-state index is 12.2. The summed E-state index contributed by atoms with van der Waals surface area (Å²) in [7, 11) is 0. The summed E-state index contributed by atoms with van der Waals surface area (Å²) in [6.45, 7) is 14.6. The van der Waals surface area contributed by atoms with Crippen LogP contribution in [-0.2, 0) is 37.9 Å². The van der Waals surface area contributed by atoms with Gasteiger partial charge in [-0.15, -0.1) is 0 Å². The number of aliphatic hydroxyl groups is 9. The standard InChI is InChI=1S/C46H74O17/c1-21(2)14-22-15-44(7,55)37-23-8-9-28-42(5)12-11-29(41(3,4)27(42)10-13-43(28,6)45(23)19-46(37,63-22)57-20-45)60-40-36(62-38-33(53)31(51)26(17-48)59-38)35(24(49)18-56-40)61-39-34(54)32(52)30(50)25(16-47)58-39/h14,22-40,47-55H,8-13,15-20H2,1-7H3/t22?,23?,24?,25?,26?,27?,28?,29?,30?,31?,32?,33?,34?,35?,36?,37?,38?,39?,40?,42-,43+,44-,45+,46+/m0/s1. The Morgan fingerprint density at radius 2 is 1.35 bits per heavy atom. The molecule has 24 atom stereocenters. The minimum absolute atomic E-state index is 0.0626. The summed E-state index contributed by atoms with van der Waals surface area (Å²) in [5.41, 5.74) is -0.453. The largest absolute Gasteiger partial charge is 0.394 e. The average molecular weight is 899 g/mol. The second-order valence-corrected chi connectivity index (χ2v) is 22.5. The van der Waals surface area contributed by atoms with E-state index in [1.807, 2.05) is 6.92 Å². The molecule has 63 heavy (non-hydrogen) atoms. The summed E-state index contributed by atoms with van der Waals surface area (Å²) in [4.78, 5) is 0. The van der Waals surface area contributed by atoms with E-state index < -0.39 is 110 Å². The summed E-state index contributed by atoms with van der Waals surface area (Å²) in [5, 5.41) is 96.7. The van der Waals surface area contributed by atoms with E-state index in [0.29, 0.717) is 25.4 Å². The molecule has 2 spiro atoms. The predicted octanol–water partition coefficient (Wildman–Crippen LogP) is 0.606. The first-order valence-electron chi connectivity index (χ1n) is 23.5. The van der Waals surface area contributed by atoms with E-state index in [-0.39, 0.29) is 52.8 Å². The molecule has 19 unspecified atom stereocenters. The zero-order valence-electron chi connectivity index (χ0n) is 37.8. The molecule has 2 bridgehead atoms. The first-order chi connectivity index (χ1) is 29.6. The molecule has 0 amide bonds. The van der Waals surface area contributed by atoms with E-state index in [9.17, 15) is 46.0 Å². The van der Waals surface area contributed by atoms with E-state index >= 15 is 0 Å². The smallest absolute Gasteiger partial charge is 0.187 e. The van der Waals surface area contributed by atoms with Gasteiger partial charge in [-0.3, -0.25) is 0 Å². The quantitative estimate of drug-likeness (QED) is 0.114. The molecule has 0 aromatic carbocycles. The number of aliphatic hydroxyl groups excluding tert-OH is 8. The molecule has 0 aromatic heterocycles. The van der Waals surface area contributed by atoms with Crippen LogP contribution >= 0.6 is 0 Å². The molecule has 5 heterocycles. The van der Waals surface area contributed by atoms with Crippen molar-refractivity contribution in [2.45, 2.75) is 203 Å². The van der Waals surface area contributed by atoms with Crippen LogP contribution in [0.15, 0.2) is 11.6 Å². The molecular formula is C46H74O17. The van der Waals surface area contributed by atoms with E-state index in [2.05, 4.69) is 47.6 Å². The predicted molar refractivity (Wildman–Crippen MR) is 219 cm³/mol. The first kappa shape index (κ1) is 47.1. The summed E-state index contributed by atoms with van der Waals surface area (Å²) in [6.07, 6.45) is -11.0. The van der Waals surface area contributed by atoms with Gasteiger partial charge in [0, 0.05) is 24.2 Å². The van der Waals surface area contributed by atoms with Crippen molar-refractivity contribution in [3.8, 4) is 0 Å². The van der Waals surface area contributed by atoms with Crippen LogP contribution < -0.4 is 0 Å². The van der Waals surface area contributed by atoms with Gasteiger partial charge in [-0.1, -0.05) is 39.3 Å². The van der Waals surface area contributed by atoms with Crippen molar-refractivity contribution in [1.82, 2.24) is 0 Å². The number of hydrogen-bond donors (Lipinski definition) is 9. The molecule has 0 aromatic rings. The van der Waals surface area contributed by atoms with Crippen molar-refractivity contribution in [3.05, 3.63) is 11.6 Å². The highest BCUT2D eigenvalue weighted by Gasteiger charge is 2.81. The minimum Gasteiger partial charge on any atom is -0.394 e. The highest BCUT2D eigenvalue weighted by Crippen LogP contribution is 2.80. The molecule has 9 N–H and O–H groups in total. The van der Waals surface area contributed by atoms with Gasteiger partial charge < -0.3 is 83.9 Å². The molecule has 9 aliphatic rings. The van der Waals surface area contributed by atoms with Crippen LogP contribution in [0.1, 0.15) is 99.8 Å². The van der Waals surface area contributed by atoms with Gasteiger partial charge in [-0.25, -0.2) is 0 Å². The third-order valence-electron chi connectivity index (χ3n) is 18.4. The molecule has 17 nitrogen and oxygen atoms in total. The Hall–Kier alpha value is -0.940. The fourth-order valence-corrected chi connectivity index (χ4v) is 15.6. The van der Waals surface area contributed by atoms with Crippen molar-refractivity contribution in [2.24, 2.45) is 45.3 Å². The van der Waals surface area contributed by atoms with Gasteiger partial charge >= 0.3 is 0 Å². The monoisotopic (exact) mass is 898 g/mol.